The molecule has 1 aliphatic rings. The number of aryl methyl sites for hydroxylation is 1. The number of halogens is 2. The minimum atomic E-state index is 0. The van der Waals surface area contributed by atoms with Crippen LogP contribution in [0.15, 0.2) is 30.6 Å². The predicted octanol–water partition coefficient (Wildman–Crippen LogP) is 2.09. The second kappa shape index (κ2) is 8.98. The van der Waals surface area contributed by atoms with Gasteiger partial charge in [-0.15, -0.1) is 24.8 Å². The average molecular weight is 345 g/mol. The zero-order valence-corrected chi connectivity index (χ0v) is 14.0. The molecule has 2 heterocycles. The number of imidazole rings is 1. The van der Waals surface area contributed by atoms with Crippen LogP contribution in [-0.4, -0.2) is 46.5 Å². The maximum Gasteiger partial charge on any atom is 0.224 e. The fourth-order valence-electron chi connectivity index (χ4n) is 2.66. The lowest BCUT2D eigenvalue weighted by atomic mass is 10.3. The van der Waals surface area contributed by atoms with E-state index in [2.05, 4.69) is 14.9 Å². The van der Waals surface area contributed by atoms with Crippen molar-refractivity contribution in [3.05, 3.63) is 30.6 Å². The van der Waals surface area contributed by atoms with Crippen LogP contribution in [-0.2, 0) is 11.3 Å². The molecule has 1 aromatic heterocycles. The molecule has 122 valence electrons. The highest BCUT2D eigenvalue weighted by molar-refractivity contribution is 5.85. The fraction of sp³-hybridized carbons (Fsp3) is 0.467. The van der Waals surface area contributed by atoms with E-state index >= 15 is 0 Å². The SMILES string of the molecule is Cl.Cl.O=C(CCn1cnc2ccccc21)N1CCCNCC1. The molecule has 0 radical (unpaired) electrons. The normalized spacial score (nSPS) is 14.8. The lowest BCUT2D eigenvalue weighted by Crippen LogP contribution is -2.34. The fourth-order valence-corrected chi connectivity index (χ4v) is 2.66. The summed E-state index contributed by atoms with van der Waals surface area (Å²) in [5.74, 6) is 0.242. The Labute approximate surface area is 142 Å². The summed E-state index contributed by atoms with van der Waals surface area (Å²) in [6, 6.07) is 8.02. The van der Waals surface area contributed by atoms with Crippen molar-refractivity contribution < 1.29 is 4.79 Å². The second-order valence-corrected chi connectivity index (χ2v) is 5.16. The number of nitrogens with one attached hydrogen (secondary N) is 1. The number of hydrogen-bond donors (Lipinski definition) is 1. The molecule has 0 atom stereocenters. The largest absolute Gasteiger partial charge is 0.341 e. The number of nitrogens with zero attached hydrogens (tertiary/aromatic N) is 3. The molecule has 1 amide bonds. The van der Waals surface area contributed by atoms with Crippen molar-refractivity contribution >= 4 is 41.8 Å². The summed E-state index contributed by atoms with van der Waals surface area (Å²) in [6.07, 6.45) is 3.40. The van der Waals surface area contributed by atoms with Crippen LogP contribution >= 0.6 is 24.8 Å². The van der Waals surface area contributed by atoms with Gasteiger partial charge in [-0.25, -0.2) is 4.98 Å². The molecule has 1 aliphatic heterocycles. The Bertz CT molecular complexity index is 594. The number of carbonyl (C=O) groups is 1. The van der Waals surface area contributed by atoms with Crippen LogP contribution < -0.4 is 5.32 Å². The first kappa shape index (κ1) is 18.7. The van der Waals surface area contributed by atoms with Crippen molar-refractivity contribution in [1.82, 2.24) is 19.8 Å². The number of hydrogen-bond acceptors (Lipinski definition) is 3. The summed E-state index contributed by atoms with van der Waals surface area (Å²) in [5.41, 5.74) is 2.08. The molecule has 1 aromatic carbocycles. The van der Waals surface area contributed by atoms with Gasteiger partial charge in [-0.1, -0.05) is 12.1 Å². The quantitative estimate of drug-likeness (QED) is 0.927. The van der Waals surface area contributed by atoms with Crippen LogP contribution in [0, 0.1) is 0 Å². The number of fused-ring (bicyclic) bond motifs is 1. The molecule has 0 saturated carbocycles. The van der Waals surface area contributed by atoms with Crippen LogP contribution in [0.5, 0.6) is 0 Å². The summed E-state index contributed by atoms with van der Waals surface area (Å²) in [7, 11) is 0. The van der Waals surface area contributed by atoms with Crippen LogP contribution in [0.25, 0.3) is 11.0 Å². The number of benzene rings is 1. The zero-order chi connectivity index (χ0) is 13.8. The first-order chi connectivity index (χ1) is 9.84. The van der Waals surface area contributed by atoms with Gasteiger partial charge in [0.15, 0.2) is 0 Å². The number of carbonyl (C=O) groups excluding carboxylic acids is 1. The van der Waals surface area contributed by atoms with Crippen molar-refractivity contribution in [2.75, 3.05) is 26.2 Å². The third kappa shape index (κ3) is 4.35. The first-order valence-electron chi connectivity index (χ1n) is 7.23. The Morgan fingerprint density at radius 3 is 2.86 bits per heavy atom. The maximum atomic E-state index is 12.2. The molecule has 0 spiro atoms. The van der Waals surface area contributed by atoms with Crippen molar-refractivity contribution in [2.24, 2.45) is 0 Å². The van der Waals surface area contributed by atoms with E-state index in [0.717, 1.165) is 43.6 Å². The van der Waals surface area contributed by atoms with E-state index < -0.39 is 0 Å². The number of amides is 1. The smallest absolute Gasteiger partial charge is 0.224 e. The molecule has 5 nitrogen and oxygen atoms in total. The van der Waals surface area contributed by atoms with E-state index in [1.54, 1.807) is 0 Å². The van der Waals surface area contributed by atoms with Gasteiger partial charge >= 0.3 is 0 Å². The molecular formula is C15H22Cl2N4O. The summed E-state index contributed by atoms with van der Waals surface area (Å²) < 4.78 is 2.06. The van der Waals surface area contributed by atoms with Gasteiger partial charge < -0.3 is 14.8 Å². The van der Waals surface area contributed by atoms with Gasteiger partial charge in [0.2, 0.25) is 5.91 Å². The zero-order valence-electron chi connectivity index (χ0n) is 12.4. The number of rotatable bonds is 3. The van der Waals surface area contributed by atoms with E-state index in [1.165, 1.54) is 0 Å². The second-order valence-electron chi connectivity index (χ2n) is 5.16. The van der Waals surface area contributed by atoms with E-state index in [4.69, 9.17) is 0 Å². The summed E-state index contributed by atoms with van der Waals surface area (Å²) in [5, 5.41) is 3.32. The Balaban J connectivity index is 0.00000121. The minimum Gasteiger partial charge on any atom is -0.341 e. The molecule has 1 N–H and O–H groups in total. The molecule has 0 bridgehead atoms. The van der Waals surface area contributed by atoms with E-state index in [0.29, 0.717) is 13.0 Å². The van der Waals surface area contributed by atoms with Crippen LogP contribution in [0.2, 0.25) is 0 Å². The molecule has 7 heteroatoms. The van der Waals surface area contributed by atoms with Crippen molar-refractivity contribution in [3.63, 3.8) is 0 Å². The molecular weight excluding hydrogens is 323 g/mol. The lowest BCUT2D eigenvalue weighted by molar-refractivity contribution is -0.131. The summed E-state index contributed by atoms with van der Waals surface area (Å²) >= 11 is 0. The lowest BCUT2D eigenvalue weighted by Gasteiger charge is -2.20. The molecule has 3 rings (SSSR count). The average Bonchev–Trinajstić information content (AvgIpc) is 2.70. The molecule has 22 heavy (non-hydrogen) atoms. The topological polar surface area (TPSA) is 50.2 Å². The van der Waals surface area contributed by atoms with Crippen molar-refractivity contribution in [3.8, 4) is 0 Å². The Hall–Kier alpha value is -1.30. The molecule has 0 unspecified atom stereocenters. The standard InChI is InChI=1S/C15H20N4O.2ClH/c20-15(18-9-3-7-16-8-11-18)6-10-19-12-17-13-4-1-2-5-14(13)19;;/h1-2,4-5,12,16H,3,6-11H2;2*1H. The van der Waals surface area contributed by atoms with E-state index in [-0.39, 0.29) is 30.7 Å². The Morgan fingerprint density at radius 1 is 1.18 bits per heavy atom. The maximum absolute atomic E-state index is 12.2. The van der Waals surface area contributed by atoms with Gasteiger partial charge in [0.05, 0.1) is 17.4 Å². The highest BCUT2D eigenvalue weighted by Crippen LogP contribution is 2.12. The molecule has 1 fully saturated rings. The minimum absolute atomic E-state index is 0. The van der Waals surface area contributed by atoms with Crippen molar-refractivity contribution in [1.29, 1.82) is 0 Å². The summed E-state index contributed by atoms with van der Waals surface area (Å²) in [4.78, 5) is 18.6. The van der Waals surface area contributed by atoms with Crippen LogP contribution in [0.1, 0.15) is 12.8 Å². The third-order valence-corrected chi connectivity index (χ3v) is 3.79. The molecule has 1 saturated heterocycles. The van der Waals surface area contributed by atoms with Gasteiger partial charge in [-0.05, 0) is 25.1 Å². The van der Waals surface area contributed by atoms with Gasteiger partial charge in [-0.3, -0.25) is 4.79 Å². The van der Waals surface area contributed by atoms with Crippen molar-refractivity contribution in [2.45, 2.75) is 19.4 Å². The van der Waals surface area contributed by atoms with Crippen LogP contribution in [0.3, 0.4) is 0 Å². The van der Waals surface area contributed by atoms with Gasteiger partial charge in [0.25, 0.3) is 0 Å². The van der Waals surface area contributed by atoms with Gasteiger partial charge in [0, 0.05) is 32.6 Å². The Morgan fingerprint density at radius 2 is 2.00 bits per heavy atom. The van der Waals surface area contributed by atoms with Crippen LogP contribution in [0.4, 0.5) is 0 Å². The Kier molecular flexibility index (Phi) is 7.65. The monoisotopic (exact) mass is 344 g/mol. The van der Waals surface area contributed by atoms with Gasteiger partial charge in [-0.2, -0.15) is 0 Å². The summed E-state index contributed by atoms with van der Waals surface area (Å²) in [6.45, 7) is 4.30. The highest BCUT2D eigenvalue weighted by atomic mass is 35.5. The predicted molar refractivity (Wildman–Crippen MR) is 92.9 cm³/mol. The number of aromatic nitrogens is 2. The van der Waals surface area contributed by atoms with E-state index in [9.17, 15) is 4.79 Å². The van der Waals surface area contributed by atoms with E-state index in [1.807, 2.05) is 35.5 Å². The highest BCUT2D eigenvalue weighted by Gasteiger charge is 2.15. The third-order valence-electron chi connectivity index (χ3n) is 3.79. The first-order valence-corrected chi connectivity index (χ1v) is 7.23. The number of para-hydroxylation sites is 2. The molecule has 2 aromatic rings. The van der Waals surface area contributed by atoms with Gasteiger partial charge in [0.1, 0.15) is 0 Å². The molecule has 0 aliphatic carbocycles.